The second kappa shape index (κ2) is 7.56. The van der Waals surface area contributed by atoms with Crippen molar-refractivity contribution in [2.24, 2.45) is 0 Å². The van der Waals surface area contributed by atoms with Crippen LogP contribution >= 0.6 is 11.8 Å². The lowest BCUT2D eigenvalue weighted by molar-refractivity contribution is -0.113. The zero-order chi connectivity index (χ0) is 18.5. The van der Waals surface area contributed by atoms with Gasteiger partial charge >= 0.3 is 0 Å². The van der Waals surface area contributed by atoms with Gasteiger partial charge in [0.25, 0.3) is 0 Å². The predicted octanol–water partition coefficient (Wildman–Crippen LogP) is 3.29. The number of nitrogens with two attached hydrogens (primary N) is 1. The highest BCUT2D eigenvalue weighted by molar-refractivity contribution is 8.00. The smallest absolute Gasteiger partial charge is 0.234 e. The number of aromatic nitrogens is 1. The van der Waals surface area contributed by atoms with Gasteiger partial charge in [0.15, 0.2) is 0 Å². The fourth-order valence-corrected chi connectivity index (χ4v) is 3.15. The Kier molecular flexibility index (Phi) is 5.02. The molecule has 26 heavy (non-hydrogen) atoms. The first-order valence-electron chi connectivity index (χ1n) is 7.63. The monoisotopic (exact) mass is 359 g/mol. The van der Waals surface area contributed by atoms with Crippen molar-refractivity contribution in [3.8, 4) is 12.1 Å². The quantitative estimate of drug-likeness (QED) is 0.691. The summed E-state index contributed by atoms with van der Waals surface area (Å²) in [5.41, 5.74) is 6.74. The molecule has 0 saturated heterocycles. The standard InChI is InChI=1S/C19H13N5OS/c20-9-14-7-15(10-21)19(24-18(14)22)26-11-17(25)23-16-6-5-12-3-1-2-4-13(12)8-16/h1-8H,11H2,(H2,22,24)(H,23,25). The van der Waals surface area contributed by atoms with Gasteiger partial charge in [0.1, 0.15) is 23.0 Å². The van der Waals surface area contributed by atoms with Crippen molar-refractivity contribution in [2.75, 3.05) is 16.8 Å². The zero-order valence-corrected chi connectivity index (χ0v) is 14.4. The summed E-state index contributed by atoms with van der Waals surface area (Å²) in [6, 6.07) is 18.8. The van der Waals surface area contributed by atoms with Crippen LogP contribution in [-0.2, 0) is 4.79 Å². The third-order valence-electron chi connectivity index (χ3n) is 3.63. The van der Waals surface area contributed by atoms with Crippen molar-refractivity contribution in [1.29, 1.82) is 10.5 Å². The van der Waals surface area contributed by atoms with Gasteiger partial charge in [-0.05, 0) is 29.0 Å². The molecule has 1 amide bonds. The maximum Gasteiger partial charge on any atom is 0.234 e. The summed E-state index contributed by atoms with van der Waals surface area (Å²) in [6.45, 7) is 0. The van der Waals surface area contributed by atoms with E-state index in [2.05, 4.69) is 10.3 Å². The molecule has 2 aromatic carbocycles. The average Bonchev–Trinajstić information content (AvgIpc) is 2.66. The van der Waals surface area contributed by atoms with Gasteiger partial charge in [-0.25, -0.2) is 4.98 Å². The fraction of sp³-hybridized carbons (Fsp3) is 0.0526. The van der Waals surface area contributed by atoms with Crippen LogP contribution in [0.15, 0.2) is 53.6 Å². The zero-order valence-electron chi connectivity index (χ0n) is 13.6. The van der Waals surface area contributed by atoms with Crippen molar-refractivity contribution >= 4 is 39.9 Å². The van der Waals surface area contributed by atoms with Crippen LogP contribution in [0.25, 0.3) is 10.8 Å². The average molecular weight is 359 g/mol. The van der Waals surface area contributed by atoms with E-state index < -0.39 is 0 Å². The van der Waals surface area contributed by atoms with Crippen LogP contribution < -0.4 is 11.1 Å². The third kappa shape index (κ3) is 3.75. The van der Waals surface area contributed by atoms with E-state index in [-0.39, 0.29) is 28.6 Å². The van der Waals surface area contributed by atoms with E-state index in [4.69, 9.17) is 11.0 Å². The van der Waals surface area contributed by atoms with Crippen LogP contribution in [0.1, 0.15) is 11.1 Å². The van der Waals surface area contributed by atoms with Crippen LogP contribution in [0, 0.1) is 22.7 Å². The van der Waals surface area contributed by atoms with Crippen LogP contribution in [0.3, 0.4) is 0 Å². The summed E-state index contributed by atoms with van der Waals surface area (Å²) in [7, 11) is 0. The van der Waals surface area contributed by atoms with E-state index in [0.717, 1.165) is 22.5 Å². The fourth-order valence-electron chi connectivity index (χ4n) is 2.39. The van der Waals surface area contributed by atoms with Gasteiger partial charge in [-0.15, -0.1) is 0 Å². The van der Waals surface area contributed by atoms with E-state index in [9.17, 15) is 10.1 Å². The van der Waals surface area contributed by atoms with Gasteiger partial charge in [0.05, 0.1) is 16.9 Å². The van der Waals surface area contributed by atoms with Crippen molar-refractivity contribution in [3.05, 3.63) is 59.7 Å². The summed E-state index contributed by atoms with van der Waals surface area (Å²) in [5.74, 6) is -0.109. The van der Waals surface area contributed by atoms with Crippen molar-refractivity contribution in [2.45, 2.75) is 5.03 Å². The number of nitrogens with one attached hydrogen (secondary N) is 1. The molecule has 0 aliphatic rings. The molecule has 3 N–H and O–H groups in total. The molecular weight excluding hydrogens is 346 g/mol. The molecule has 0 radical (unpaired) electrons. The Morgan fingerprint density at radius 2 is 1.81 bits per heavy atom. The number of hydrogen-bond donors (Lipinski definition) is 2. The highest BCUT2D eigenvalue weighted by atomic mass is 32.2. The number of carbonyl (C=O) groups excluding carboxylic acids is 1. The molecule has 3 rings (SSSR count). The van der Waals surface area contributed by atoms with E-state index in [1.807, 2.05) is 54.6 Å². The number of thioether (sulfide) groups is 1. The Hall–Kier alpha value is -3.55. The number of rotatable bonds is 4. The largest absolute Gasteiger partial charge is 0.383 e. The highest BCUT2D eigenvalue weighted by Gasteiger charge is 2.12. The van der Waals surface area contributed by atoms with Gasteiger partial charge in [0, 0.05) is 5.69 Å². The molecule has 0 saturated carbocycles. The molecule has 1 heterocycles. The minimum absolute atomic E-state index is 0.0453. The summed E-state index contributed by atoms with van der Waals surface area (Å²) >= 11 is 1.10. The number of anilines is 2. The highest BCUT2D eigenvalue weighted by Crippen LogP contribution is 2.24. The molecule has 0 atom stereocenters. The first kappa shape index (κ1) is 17.3. The van der Waals surface area contributed by atoms with Crippen molar-refractivity contribution in [1.82, 2.24) is 4.98 Å². The number of nitrogens with zero attached hydrogens (tertiary/aromatic N) is 3. The van der Waals surface area contributed by atoms with Crippen molar-refractivity contribution in [3.63, 3.8) is 0 Å². The summed E-state index contributed by atoms with van der Waals surface area (Å²) in [4.78, 5) is 16.3. The Labute approximate surface area is 154 Å². The number of nitrogen functional groups attached to an aromatic ring is 1. The number of fused-ring (bicyclic) bond motifs is 1. The molecule has 0 aliphatic heterocycles. The van der Waals surface area contributed by atoms with Crippen LogP contribution in [0.2, 0.25) is 0 Å². The third-order valence-corrected chi connectivity index (χ3v) is 4.62. The first-order chi connectivity index (χ1) is 12.6. The SMILES string of the molecule is N#Cc1cc(C#N)c(SCC(=O)Nc2ccc3ccccc3c2)nc1N. The first-order valence-corrected chi connectivity index (χ1v) is 8.61. The molecule has 0 spiro atoms. The lowest BCUT2D eigenvalue weighted by atomic mass is 10.1. The van der Waals surface area contributed by atoms with Gasteiger partial charge in [-0.2, -0.15) is 10.5 Å². The molecule has 0 unspecified atom stereocenters. The maximum atomic E-state index is 12.2. The second-order valence-electron chi connectivity index (χ2n) is 5.40. The molecule has 3 aromatic rings. The number of benzene rings is 2. The Morgan fingerprint density at radius 1 is 1.08 bits per heavy atom. The number of hydrogen-bond acceptors (Lipinski definition) is 6. The molecule has 6 nitrogen and oxygen atoms in total. The molecule has 0 aliphatic carbocycles. The van der Waals surface area contributed by atoms with Gasteiger partial charge < -0.3 is 11.1 Å². The second-order valence-corrected chi connectivity index (χ2v) is 6.36. The molecule has 126 valence electrons. The van der Waals surface area contributed by atoms with Crippen LogP contribution in [0.4, 0.5) is 11.5 Å². The summed E-state index contributed by atoms with van der Waals surface area (Å²) < 4.78 is 0. The number of amides is 1. The summed E-state index contributed by atoms with van der Waals surface area (Å²) in [6.07, 6.45) is 0. The van der Waals surface area contributed by atoms with E-state index in [1.54, 1.807) is 0 Å². The minimum atomic E-state index is -0.223. The van der Waals surface area contributed by atoms with Gasteiger partial charge in [-0.3, -0.25) is 4.79 Å². The Morgan fingerprint density at radius 3 is 2.54 bits per heavy atom. The van der Waals surface area contributed by atoms with Crippen molar-refractivity contribution < 1.29 is 4.79 Å². The van der Waals surface area contributed by atoms with Crippen LogP contribution in [-0.4, -0.2) is 16.6 Å². The minimum Gasteiger partial charge on any atom is -0.383 e. The number of pyridine rings is 1. The Balaban J connectivity index is 1.70. The van der Waals surface area contributed by atoms with Crippen LogP contribution in [0.5, 0.6) is 0 Å². The lowest BCUT2D eigenvalue weighted by Crippen LogP contribution is -2.14. The molecule has 0 bridgehead atoms. The van der Waals surface area contributed by atoms with E-state index in [0.29, 0.717) is 10.7 Å². The van der Waals surface area contributed by atoms with E-state index >= 15 is 0 Å². The normalized spacial score (nSPS) is 10.1. The number of nitriles is 2. The Bertz CT molecular complexity index is 1080. The molecule has 7 heteroatoms. The molecule has 0 fully saturated rings. The maximum absolute atomic E-state index is 12.2. The lowest BCUT2D eigenvalue weighted by Gasteiger charge is -2.08. The summed E-state index contributed by atoms with van der Waals surface area (Å²) in [5, 5.41) is 23.4. The van der Waals surface area contributed by atoms with E-state index in [1.165, 1.54) is 6.07 Å². The predicted molar refractivity (Wildman–Crippen MR) is 101 cm³/mol. The molecule has 1 aromatic heterocycles. The van der Waals surface area contributed by atoms with Gasteiger partial charge in [-0.1, -0.05) is 42.1 Å². The number of carbonyl (C=O) groups is 1. The topological polar surface area (TPSA) is 116 Å². The van der Waals surface area contributed by atoms with Gasteiger partial charge in [0.2, 0.25) is 5.91 Å². The molecular formula is C19H13N5OS.